The van der Waals surface area contributed by atoms with Crippen molar-refractivity contribution >= 4 is 28.8 Å². The molecule has 0 aliphatic carbocycles. The van der Waals surface area contributed by atoms with E-state index in [1.54, 1.807) is 31.2 Å². The normalized spacial score (nSPS) is 10.6. The molecule has 0 aliphatic rings. The molecule has 0 fully saturated rings. The van der Waals surface area contributed by atoms with E-state index in [9.17, 15) is 14.0 Å². The zero-order valence-electron chi connectivity index (χ0n) is 13.1. The van der Waals surface area contributed by atoms with Crippen LogP contribution < -0.4 is 10.6 Å². The lowest BCUT2D eigenvalue weighted by atomic mass is 10.2. The summed E-state index contributed by atoms with van der Waals surface area (Å²) in [6.45, 7) is 3.11. The Kier molecular flexibility index (Phi) is 3.99. The fourth-order valence-electron chi connectivity index (χ4n) is 2.44. The molecule has 3 aromatic rings. The number of imidazole rings is 1. The van der Waals surface area contributed by atoms with E-state index in [1.807, 2.05) is 0 Å². The SMILES string of the molecule is CC(=O)Nc1ccc(NC(=O)c2c(C)nc3ccc(F)cn23)cc1. The summed E-state index contributed by atoms with van der Waals surface area (Å²) in [5, 5.41) is 5.39. The van der Waals surface area contributed by atoms with Gasteiger partial charge >= 0.3 is 0 Å². The molecule has 24 heavy (non-hydrogen) atoms. The molecule has 2 heterocycles. The predicted molar refractivity (Wildman–Crippen MR) is 88.6 cm³/mol. The summed E-state index contributed by atoms with van der Waals surface area (Å²) in [6, 6.07) is 9.51. The maximum Gasteiger partial charge on any atom is 0.274 e. The standard InChI is InChI=1S/C17H15FN4O2/c1-10-16(22-9-12(18)3-8-15(22)19-10)17(24)21-14-6-4-13(5-7-14)20-11(2)23/h3-9H,1-2H3,(H,20,23)(H,21,24). The minimum absolute atomic E-state index is 0.171. The fraction of sp³-hybridized carbons (Fsp3) is 0.118. The molecule has 7 heteroatoms. The van der Waals surface area contributed by atoms with E-state index >= 15 is 0 Å². The van der Waals surface area contributed by atoms with E-state index in [0.29, 0.717) is 22.7 Å². The number of aryl methyl sites for hydroxylation is 1. The van der Waals surface area contributed by atoms with Crippen LogP contribution in [-0.4, -0.2) is 21.2 Å². The molecular formula is C17H15FN4O2. The molecule has 6 nitrogen and oxygen atoms in total. The van der Waals surface area contributed by atoms with Crippen LogP contribution in [0.5, 0.6) is 0 Å². The lowest BCUT2D eigenvalue weighted by Gasteiger charge is -2.07. The minimum atomic E-state index is -0.450. The van der Waals surface area contributed by atoms with Gasteiger partial charge in [0.15, 0.2) is 0 Å². The molecule has 0 saturated heterocycles. The number of aromatic nitrogens is 2. The Hall–Kier alpha value is -3.22. The van der Waals surface area contributed by atoms with Gasteiger partial charge in [-0.25, -0.2) is 9.37 Å². The van der Waals surface area contributed by atoms with Crippen molar-refractivity contribution in [3.8, 4) is 0 Å². The van der Waals surface area contributed by atoms with E-state index in [2.05, 4.69) is 15.6 Å². The number of carbonyl (C=O) groups is 2. The number of halogens is 1. The van der Waals surface area contributed by atoms with Crippen molar-refractivity contribution in [3.63, 3.8) is 0 Å². The Labute approximate surface area is 137 Å². The van der Waals surface area contributed by atoms with Crippen molar-refractivity contribution in [2.45, 2.75) is 13.8 Å². The van der Waals surface area contributed by atoms with Gasteiger partial charge in [-0.3, -0.25) is 14.0 Å². The number of carbonyl (C=O) groups excluding carboxylic acids is 2. The molecule has 0 aliphatic heterocycles. The van der Waals surface area contributed by atoms with Gasteiger partial charge in [-0.05, 0) is 43.3 Å². The second kappa shape index (κ2) is 6.11. The Morgan fingerprint density at radius 2 is 1.67 bits per heavy atom. The highest BCUT2D eigenvalue weighted by molar-refractivity contribution is 6.04. The second-order valence-corrected chi connectivity index (χ2v) is 5.33. The second-order valence-electron chi connectivity index (χ2n) is 5.33. The summed E-state index contributed by atoms with van der Waals surface area (Å²) in [4.78, 5) is 27.8. The summed E-state index contributed by atoms with van der Waals surface area (Å²) in [5.41, 5.74) is 2.47. The molecule has 0 unspecified atom stereocenters. The van der Waals surface area contributed by atoms with Gasteiger partial charge in [-0.15, -0.1) is 0 Å². The van der Waals surface area contributed by atoms with Crippen molar-refractivity contribution in [1.82, 2.24) is 9.38 Å². The molecule has 122 valence electrons. The number of anilines is 2. The number of nitrogens with zero attached hydrogens (tertiary/aromatic N) is 2. The lowest BCUT2D eigenvalue weighted by Crippen LogP contribution is -2.15. The fourth-order valence-corrected chi connectivity index (χ4v) is 2.44. The number of rotatable bonds is 3. The van der Waals surface area contributed by atoms with Crippen LogP contribution in [0.1, 0.15) is 23.1 Å². The third-order valence-corrected chi connectivity index (χ3v) is 3.43. The topological polar surface area (TPSA) is 75.5 Å². The largest absolute Gasteiger partial charge is 0.326 e. The van der Waals surface area contributed by atoms with Crippen LogP contribution in [0.4, 0.5) is 15.8 Å². The smallest absolute Gasteiger partial charge is 0.274 e. The van der Waals surface area contributed by atoms with Crippen molar-refractivity contribution in [2.75, 3.05) is 10.6 Å². The van der Waals surface area contributed by atoms with Crippen LogP contribution in [-0.2, 0) is 4.79 Å². The van der Waals surface area contributed by atoms with E-state index in [4.69, 9.17) is 0 Å². The zero-order valence-corrected chi connectivity index (χ0v) is 13.1. The van der Waals surface area contributed by atoms with Gasteiger partial charge < -0.3 is 10.6 Å². The third kappa shape index (κ3) is 3.10. The van der Waals surface area contributed by atoms with E-state index in [0.717, 1.165) is 0 Å². The molecule has 0 atom stereocenters. The molecule has 0 bridgehead atoms. The first-order valence-corrected chi connectivity index (χ1v) is 7.27. The third-order valence-electron chi connectivity index (χ3n) is 3.43. The first-order valence-electron chi connectivity index (χ1n) is 7.27. The van der Waals surface area contributed by atoms with E-state index in [1.165, 1.54) is 29.7 Å². The molecule has 2 N–H and O–H groups in total. The first kappa shape index (κ1) is 15.7. The summed E-state index contributed by atoms with van der Waals surface area (Å²) in [5.74, 6) is -1.01. The number of pyridine rings is 1. The molecule has 2 amide bonds. The molecule has 1 aromatic carbocycles. The molecular weight excluding hydrogens is 311 g/mol. The summed E-state index contributed by atoms with van der Waals surface area (Å²) < 4.78 is 14.9. The van der Waals surface area contributed by atoms with Gasteiger partial charge in [-0.2, -0.15) is 0 Å². The molecule has 0 radical (unpaired) electrons. The van der Waals surface area contributed by atoms with Crippen LogP contribution in [0.3, 0.4) is 0 Å². The van der Waals surface area contributed by atoms with Gasteiger partial charge in [-0.1, -0.05) is 0 Å². The Bertz CT molecular complexity index is 932. The van der Waals surface area contributed by atoms with E-state index in [-0.39, 0.29) is 11.6 Å². The van der Waals surface area contributed by atoms with Crippen molar-refractivity contribution in [2.24, 2.45) is 0 Å². The Morgan fingerprint density at radius 3 is 2.29 bits per heavy atom. The minimum Gasteiger partial charge on any atom is -0.326 e. The number of amides is 2. The number of fused-ring (bicyclic) bond motifs is 1. The zero-order chi connectivity index (χ0) is 17.3. The molecule has 0 saturated carbocycles. The monoisotopic (exact) mass is 326 g/mol. The van der Waals surface area contributed by atoms with Gasteiger partial charge in [0.1, 0.15) is 17.2 Å². The highest BCUT2D eigenvalue weighted by Crippen LogP contribution is 2.17. The van der Waals surface area contributed by atoms with Gasteiger partial charge in [0, 0.05) is 24.5 Å². The van der Waals surface area contributed by atoms with Gasteiger partial charge in [0.2, 0.25) is 5.91 Å². The first-order chi connectivity index (χ1) is 11.4. The maximum absolute atomic E-state index is 13.5. The lowest BCUT2D eigenvalue weighted by molar-refractivity contribution is -0.114. The highest BCUT2D eigenvalue weighted by atomic mass is 19.1. The Morgan fingerprint density at radius 1 is 1.04 bits per heavy atom. The van der Waals surface area contributed by atoms with Gasteiger partial charge in [0.25, 0.3) is 5.91 Å². The summed E-state index contributed by atoms with van der Waals surface area (Å²) in [6.07, 6.45) is 1.23. The number of hydrogen-bond donors (Lipinski definition) is 2. The molecule has 3 rings (SSSR count). The molecule has 2 aromatic heterocycles. The van der Waals surface area contributed by atoms with Gasteiger partial charge in [0.05, 0.1) is 5.69 Å². The predicted octanol–water partition coefficient (Wildman–Crippen LogP) is 2.99. The van der Waals surface area contributed by atoms with Crippen molar-refractivity contribution in [3.05, 3.63) is 59.8 Å². The average Bonchev–Trinajstić information content (AvgIpc) is 2.84. The molecule has 0 spiro atoms. The maximum atomic E-state index is 13.5. The summed E-state index contributed by atoms with van der Waals surface area (Å²) >= 11 is 0. The average molecular weight is 326 g/mol. The number of hydrogen-bond acceptors (Lipinski definition) is 3. The number of benzene rings is 1. The van der Waals surface area contributed by atoms with Crippen LogP contribution in [0.15, 0.2) is 42.6 Å². The quantitative estimate of drug-likeness (QED) is 0.777. The summed E-state index contributed by atoms with van der Waals surface area (Å²) in [7, 11) is 0. The van der Waals surface area contributed by atoms with Crippen LogP contribution in [0.2, 0.25) is 0 Å². The van der Waals surface area contributed by atoms with Crippen LogP contribution >= 0.6 is 0 Å². The van der Waals surface area contributed by atoms with Crippen LogP contribution in [0.25, 0.3) is 5.65 Å². The van der Waals surface area contributed by atoms with Crippen LogP contribution in [0, 0.1) is 12.7 Å². The van der Waals surface area contributed by atoms with Crippen molar-refractivity contribution < 1.29 is 14.0 Å². The Balaban J connectivity index is 1.86. The van der Waals surface area contributed by atoms with E-state index < -0.39 is 11.7 Å². The number of nitrogens with one attached hydrogen (secondary N) is 2. The highest BCUT2D eigenvalue weighted by Gasteiger charge is 2.17. The van der Waals surface area contributed by atoms with Crippen molar-refractivity contribution in [1.29, 1.82) is 0 Å².